The largest absolute Gasteiger partial charge is 0.496 e. The summed E-state index contributed by atoms with van der Waals surface area (Å²) in [5.74, 6) is 1.50. The van der Waals surface area contributed by atoms with Crippen molar-refractivity contribution in [3.63, 3.8) is 0 Å². The summed E-state index contributed by atoms with van der Waals surface area (Å²) in [5, 5.41) is 10.5. The molecule has 0 spiro atoms. The molecule has 1 heterocycles. The average Bonchev–Trinajstić information content (AvgIpc) is 2.55. The number of nitrogen functional groups attached to an aromatic ring is 1. The molecule has 0 unspecified atom stereocenters. The zero-order valence-electron chi connectivity index (χ0n) is 12.5. The lowest BCUT2D eigenvalue weighted by Gasteiger charge is -2.08. The number of nitrogens with two attached hydrogens (primary N) is 1. The molecule has 0 aliphatic rings. The van der Waals surface area contributed by atoms with E-state index in [-0.39, 0.29) is 0 Å². The molecule has 3 rings (SSSR count). The van der Waals surface area contributed by atoms with Gasteiger partial charge in [0.1, 0.15) is 11.4 Å². The Labute approximate surface area is 128 Å². The minimum absolute atomic E-state index is 0.693. The SMILES string of the molecule is COc1cccc2c(N)ccc(N=Nc3cccc[n+]3C)c12. The number of nitrogens with zero attached hydrogens (tertiary/aromatic N) is 3. The molecule has 2 aromatic carbocycles. The monoisotopic (exact) mass is 293 g/mol. The molecule has 0 saturated carbocycles. The van der Waals surface area contributed by atoms with Crippen molar-refractivity contribution in [3.05, 3.63) is 54.7 Å². The number of rotatable bonds is 3. The molecule has 0 aliphatic carbocycles. The van der Waals surface area contributed by atoms with E-state index in [1.54, 1.807) is 7.11 Å². The van der Waals surface area contributed by atoms with E-state index in [0.29, 0.717) is 5.69 Å². The summed E-state index contributed by atoms with van der Waals surface area (Å²) >= 11 is 0. The second-order valence-electron chi connectivity index (χ2n) is 4.93. The van der Waals surface area contributed by atoms with E-state index < -0.39 is 0 Å². The molecule has 110 valence electrons. The van der Waals surface area contributed by atoms with Crippen molar-refractivity contribution < 1.29 is 9.30 Å². The van der Waals surface area contributed by atoms with Gasteiger partial charge in [0.2, 0.25) is 0 Å². The van der Waals surface area contributed by atoms with Crippen molar-refractivity contribution >= 4 is 28.0 Å². The molecule has 0 saturated heterocycles. The number of aryl methyl sites for hydroxylation is 1. The molecule has 5 nitrogen and oxygen atoms in total. The van der Waals surface area contributed by atoms with Gasteiger partial charge in [-0.3, -0.25) is 0 Å². The Morgan fingerprint density at radius 1 is 1.00 bits per heavy atom. The highest BCUT2D eigenvalue weighted by molar-refractivity contribution is 6.03. The molecule has 0 amide bonds. The van der Waals surface area contributed by atoms with Crippen LogP contribution in [0.25, 0.3) is 10.8 Å². The summed E-state index contributed by atoms with van der Waals surface area (Å²) in [7, 11) is 3.56. The highest BCUT2D eigenvalue weighted by Crippen LogP contribution is 2.37. The first-order chi connectivity index (χ1) is 10.7. The van der Waals surface area contributed by atoms with Crippen LogP contribution in [0.3, 0.4) is 0 Å². The van der Waals surface area contributed by atoms with E-state index in [0.717, 1.165) is 28.0 Å². The van der Waals surface area contributed by atoms with Crippen molar-refractivity contribution in [2.75, 3.05) is 12.8 Å². The highest BCUT2D eigenvalue weighted by Gasteiger charge is 2.11. The fourth-order valence-corrected chi connectivity index (χ4v) is 2.35. The number of azo groups is 1. The zero-order valence-corrected chi connectivity index (χ0v) is 12.5. The normalized spacial score (nSPS) is 11.2. The van der Waals surface area contributed by atoms with Crippen LogP contribution >= 0.6 is 0 Å². The number of anilines is 1. The lowest BCUT2D eigenvalue weighted by Crippen LogP contribution is -2.26. The van der Waals surface area contributed by atoms with E-state index in [9.17, 15) is 0 Å². The van der Waals surface area contributed by atoms with Gasteiger partial charge in [0.05, 0.1) is 30.9 Å². The number of hydrogen-bond acceptors (Lipinski definition) is 4. The molecule has 2 N–H and O–H groups in total. The zero-order chi connectivity index (χ0) is 15.5. The van der Waals surface area contributed by atoms with Crippen molar-refractivity contribution in [2.24, 2.45) is 17.3 Å². The highest BCUT2D eigenvalue weighted by atomic mass is 16.5. The van der Waals surface area contributed by atoms with Gasteiger partial charge < -0.3 is 10.5 Å². The number of fused-ring (bicyclic) bond motifs is 1. The number of ether oxygens (including phenoxy) is 1. The first kappa shape index (κ1) is 14.0. The molecular weight excluding hydrogens is 276 g/mol. The number of methoxy groups -OCH3 is 1. The van der Waals surface area contributed by atoms with E-state index >= 15 is 0 Å². The minimum Gasteiger partial charge on any atom is -0.496 e. The van der Waals surface area contributed by atoms with Gasteiger partial charge in [-0.05, 0) is 29.4 Å². The van der Waals surface area contributed by atoms with Gasteiger partial charge in [0, 0.05) is 17.1 Å². The van der Waals surface area contributed by atoms with Crippen LogP contribution in [0, 0.1) is 0 Å². The number of benzene rings is 2. The molecule has 0 aliphatic heterocycles. The Balaban J connectivity index is 2.15. The Bertz CT molecular complexity index is 858. The minimum atomic E-state index is 0.693. The number of pyridine rings is 1. The Kier molecular flexibility index (Phi) is 3.70. The lowest BCUT2D eigenvalue weighted by atomic mass is 10.1. The summed E-state index contributed by atoms with van der Waals surface area (Å²) < 4.78 is 7.34. The maximum Gasteiger partial charge on any atom is 0.350 e. The quantitative estimate of drug-likeness (QED) is 0.455. The van der Waals surface area contributed by atoms with Crippen LogP contribution in [0.5, 0.6) is 5.75 Å². The van der Waals surface area contributed by atoms with Gasteiger partial charge in [-0.15, -0.1) is 0 Å². The summed E-state index contributed by atoms with van der Waals surface area (Å²) in [4.78, 5) is 0. The molecular formula is C17H17N4O+. The van der Waals surface area contributed by atoms with Crippen molar-refractivity contribution in [3.8, 4) is 5.75 Å². The van der Waals surface area contributed by atoms with Gasteiger partial charge >= 0.3 is 5.82 Å². The van der Waals surface area contributed by atoms with Crippen LogP contribution in [-0.4, -0.2) is 7.11 Å². The standard InChI is InChI=1S/C17H16N4O/c1-21-11-4-3-8-16(21)20-19-14-10-9-13(18)12-6-5-7-15(22-2)17(12)14/h3-11,18H,1-2H3/p+1. The van der Waals surface area contributed by atoms with Crippen LogP contribution in [-0.2, 0) is 7.05 Å². The van der Waals surface area contributed by atoms with Gasteiger partial charge in [0.25, 0.3) is 0 Å². The maximum atomic E-state index is 6.05. The summed E-state index contributed by atoms with van der Waals surface area (Å²) in [6.07, 6.45) is 1.93. The van der Waals surface area contributed by atoms with E-state index in [2.05, 4.69) is 10.2 Å². The number of aromatic nitrogens is 1. The van der Waals surface area contributed by atoms with Gasteiger partial charge in [-0.1, -0.05) is 18.2 Å². The second kappa shape index (κ2) is 5.81. The van der Waals surface area contributed by atoms with E-state index in [4.69, 9.17) is 10.5 Å². The first-order valence-electron chi connectivity index (χ1n) is 6.92. The molecule has 0 fully saturated rings. The molecule has 0 radical (unpaired) electrons. The third kappa shape index (κ3) is 2.48. The Morgan fingerprint density at radius 3 is 2.64 bits per heavy atom. The smallest absolute Gasteiger partial charge is 0.350 e. The van der Waals surface area contributed by atoms with Crippen LogP contribution in [0.4, 0.5) is 17.2 Å². The first-order valence-corrected chi connectivity index (χ1v) is 6.92. The van der Waals surface area contributed by atoms with Gasteiger partial charge in [0.15, 0.2) is 0 Å². The van der Waals surface area contributed by atoms with Crippen molar-refractivity contribution in [1.82, 2.24) is 0 Å². The van der Waals surface area contributed by atoms with Crippen LogP contribution in [0.15, 0.2) is 65.0 Å². The predicted molar refractivity (Wildman–Crippen MR) is 86.7 cm³/mol. The van der Waals surface area contributed by atoms with Crippen molar-refractivity contribution in [2.45, 2.75) is 0 Å². The van der Waals surface area contributed by atoms with Gasteiger partial charge in [-0.2, -0.15) is 0 Å². The fraction of sp³-hybridized carbons (Fsp3) is 0.118. The molecule has 0 atom stereocenters. The van der Waals surface area contributed by atoms with Crippen LogP contribution < -0.4 is 15.0 Å². The molecule has 1 aromatic heterocycles. The Morgan fingerprint density at radius 2 is 1.86 bits per heavy atom. The summed E-state index contributed by atoms with van der Waals surface area (Å²) in [6.45, 7) is 0. The van der Waals surface area contributed by atoms with Gasteiger partial charge in [-0.25, -0.2) is 4.57 Å². The topological polar surface area (TPSA) is 63.9 Å². The predicted octanol–water partition coefficient (Wildman–Crippen LogP) is 3.67. The third-order valence-corrected chi connectivity index (χ3v) is 3.52. The number of hydrogen-bond donors (Lipinski definition) is 1. The molecule has 3 aromatic rings. The summed E-state index contributed by atoms with van der Waals surface area (Å²) in [6, 6.07) is 15.2. The van der Waals surface area contributed by atoms with Crippen LogP contribution in [0.1, 0.15) is 0 Å². The molecule has 0 bridgehead atoms. The fourth-order valence-electron chi connectivity index (χ4n) is 2.35. The third-order valence-electron chi connectivity index (χ3n) is 3.52. The van der Waals surface area contributed by atoms with Crippen LogP contribution in [0.2, 0.25) is 0 Å². The van der Waals surface area contributed by atoms with Crippen molar-refractivity contribution in [1.29, 1.82) is 0 Å². The average molecular weight is 293 g/mol. The molecule has 5 heteroatoms. The van der Waals surface area contributed by atoms with E-state index in [1.807, 2.05) is 66.3 Å². The maximum absolute atomic E-state index is 6.05. The second-order valence-corrected chi connectivity index (χ2v) is 4.93. The molecule has 22 heavy (non-hydrogen) atoms. The van der Waals surface area contributed by atoms with E-state index in [1.165, 1.54) is 0 Å². The Hall–Kier alpha value is -2.95. The lowest BCUT2D eigenvalue weighted by molar-refractivity contribution is -0.658. The summed E-state index contributed by atoms with van der Waals surface area (Å²) in [5.41, 5.74) is 7.47.